The predicted molar refractivity (Wildman–Crippen MR) is 173 cm³/mol. The second-order valence-electron chi connectivity index (χ2n) is 10.5. The number of ether oxygens (including phenoxy) is 1. The van der Waals surface area contributed by atoms with E-state index in [-0.39, 0.29) is 24.1 Å². The summed E-state index contributed by atoms with van der Waals surface area (Å²) in [7, 11) is 0. The van der Waals surface area contributed by atoms with Crippen molar-refractivity contribution in [2.75, 3.05) is 61.0 Å². The van der Waals surface area contributed by atoms with Crippen LogP contribution in [0.2, 0.25) is 5.02 Å². The molecular formula is C32H35ClFN5O3S. The number of nitrogens with zero attached hydrogens (tertiary/aromatic N) is 4. The van der Waals surface area contributed by atoms with E-state index in [2.05, 4.69) is 15.1 Å². The van der Waals surface area contributed by atoms with Crippen molar-refractivity contribution >= 4 is 57.8 Å². The third kappa shape index (κ3) is 7.62. The van der Waals surface area contributed by atoms with Crippen LogP contribution < -0.4 is 19.9 Å². The average Bonchev–Trinajstić information content (AvgIpc) is 3.23. The zero-order chi connectivity index (χ0) is 30.3. The highest BCUT2D eigenvalue weighted by molar-refractivity contribution is 7.80. The fraction of sp³-hybridized carbons (Fsp3) is 0.344. The molecule has 3 aromatic rings. The highest BCUT2D eigenvalue weighted by atomic mass is 35.5. The van der Waals surface area contributed by atoms with Gasteiger partial charge in [-0.3, -0.25) is 19.4 Å². The molecule has 0 bridgehead atoms. The third-order valence-electron chi connectivity index (χ3n) is 7.67. The van der Waals surface area contributed by atoms with Crippen LogP contribution in [0.3, 0.4) is 0 Å². The van der Waals surface area contributed by atoms with E-state index in [1.807, 2.05) is 48.2 Å². The van der Waals surface area contributed by atoms with E-state index in [1.54, 1.807) is 24.3 Å². The Morgan fingerprint density at radius 1 is 0.953 bits per heavy atom. The summed E-state index contributed by atoms with van der Waals surface area (Å²) in [5, 5.41) is 3.83. The van der Waals surface area contributed by atoms with Gasteiger partial charge in [-0.1, -0.05) is 11.6 Å². The number of amides is 2. The Balaban J connectivity index is 1.23. The molecule has 0 saturated carbocycles. The smallest absolute Gasteiger partial charge is 0.256 e. The monoisotopic (exact) mass is 623 g/mol. The van der Waals surface area contributed by atoms with Gasteiger partial charge in [-0.15, -0.1) is 0 Å². The lowest BCUT2D eigenvalue weighted by molar-refractivity contribution is -0.124. The summed E-state index contributed by atoms with van der Waals surface area (Å²) in [5.74, 6) is -0.0334. The Kier molecular flexibility index (Phi) is 10.1. The van der Waals surface area contributed by atoms with Crippen molar-refractivity contribution < 1.29 is 18.7 Å². The van der Waals surface area contributed by atoms with Gasteiger partial charge >= 0.3 is 0 Å². The van der Waals surface area contributed by atoms with Crippen LogP contribution >= 0.6 is 23.8 Å². The number of rotatable bonds is 11. The van der Waals surface area contributed by atoms with E-state index in [0.29, 0.717) is 40.4 Å². The molecule has 2 aliphatic heterocycles. The summed E-state index contributed by atoms with van der Waals surface area (Å²) < 4.78 is 18.9. The number of carbonyl (C=O) groups is 2. The van der Waals surface area contributed by atoms with Crippen LogP contribution in [0.5, 0.6) is 5.75 Å². The summed E-state index contributed by atoms with van der Waals surface area (Å²) in [5.41, 5.74) is 2.27. The lowest BCUT2D eigenvalue weighted by atomic mass is 10.1. The number of thiocarbonyl (C=S) groups is 1. The van der Waals surface area contributed by atoms with Gasteiger partial charge in [0.2, 0.25) is 5.91 Å². The fourth-order valence-electron chi connectivity index (χ4n) is 5.45. The number of halogens is 2. The van der Waals surface area contributed by atoms with Gasteiger partial charge in [0.05, 0.1) is 18.7 Å². The van der Waals surface area contributed by atoms with Gasteiger partial charge in [0.25, 0.3) is 5.91 Å². The van der Waals surface area contributed by atoms with Crippen LogP contribution in [-0.2, 0) is 9.59 Å². The molecule has 2 aliphatic rings. The lowest BCUT2D eigenvalue weighted by Crippen LogP contribution is -2.47. The summed E-state index contributed by atoms with van der Waals surface area (Å²) in [6.45, 7) is 7.29. The van der Waals surface area contributed by atoms with Crippen LogP contribution in [-0.4, -0.2) is 78.6 Å². The maximum absolute atomic E-state index is 13.8. The standard InChI is InChI=1S/C32H35ClFN5O3S/c1-2-42-28-14-12-27(13-15-28)39-31(41)29(22-30(40)35-25-8-4-23(33)5-9-25)38(32(39)43)17-3-16-36-18-20-37(21-19-36)26-10-6-24(34)7-11-26/h4-15,29H,2-3,16-22H2,1H3,(H,35,40). The molecule has 226 valence electrons. The van der Waals surface area contributed by atoms with E-state index < -0.39 is 6.04 Å². The fourth-order valence-corrected chi connectivity index (χ4v) is 5.99. The summed E-state index contributed by atoms with van der Waals surface area (Å²) in [6, 6.07) is 20.0. The van der Waals surface area contributed by atoms with Crippen LogP contribution in [0, 0.1) is 5.82 Å². The molecule has 8 nitrogen and oxygen atoms in total. The minimum absolute atomic E-state index is 0.0362. The van der Waals surface area contributed by atoms with Crippen LogP contribution in [0.4, 0.5) is 21.5 Å². The Morgan fingerprint density at radius 3 is 2.26 bits per heavy atom. The van der Waals surface area contributed by atoms with Gasteiger partial charge in [0.15, 0.2) is 5.11 Å². The number of benzene rings is 3. The van der Waals surface area contributed by atoms with Gasteiger partial charge in [0, 0.05) is 49.1 Å². The first kappa shape index (κ1) is 30.7. The minimum atomic E-state index is -0.721. The Morgan fingerprint density at radius 2 is 1.60 bits per heavy atom. The highest BCUT2D eigenvalue weighted by Gasteiger charge is 2.44. The lowest BCUT2D eigenvalue weighted by Gasteiger charge is -2.36. The zero-order valence-electron chi connectivity index (χ0n) is 24.0. The maximum atomic E-state index is 13.8. The number of nitrogens with one attached hydrogen (secondary N) is 1. The molecule has 11 heteroatoms. The van der Waals surface area contributed by atoms with Crippen LogP contribution in [0.1, 0.15) is 19.8 Å². The molecule has 1 N–H and O–H groups in total. The van der Waals surface area contributed by atoms with E-state index in [0.717, 1.165) is 44.8 Å². The second kappa shape index (κ2) is 14.2. The zero-order valence-corrected chi connectivity index (χ0v) is 25.6. The van der Waals surface area contributed by atoms with Gasteiger partial charge < -0.3 is 19.9 Å². The number of anilines is 3. The summed E-state index contributed by atoms with van der Waals surface area (Å²) >= 11 is 11.8. The van der Waals surface area contributed by atoms with Crippen molar-refractivity contribution in [2.45, 2.75) is 25.8 Å². The number of carbonyl (C=O) groups excluding carboxylic acids is 2. The topological polar surface area (TPSA) is 68.4 Å². The van der Waals surface area contributed by atoms with E-state index in [4.69, 9.17) is 28.6 Å². The van der Waals surface area contributed by atoms with Crippen molar-refractivity contribution in [3.8, 4) is 5.75 Å². The summed E-state index contributed by atoms with van der Waals surface area (Å²) in [4.78, 5) is 34.9. The van der Waals surface area contributed by atoms with Gasteiger partial charge in [-0.05, 0) is 105 Å². The van der Waals surface area contributed by atoms with Crippen molar-refractivity contribution in [3.05, 3.63) is 83.6 Å². The molecule has 2 saturated heterocycles. The first-order chi connectivity index (χ1) is 20.8. The van der Waals surface area contributed by atoms with Crippen LogP contribution in [0.15, 0.2) is 72.8 Å². The molecule has 2 amide bonds. The molecule has 2 heterocycles. The summed E-state index contributed by atoms with van der Waals surface area (Å²) in [6.07, 6.45) is 0.738. The van der Waals surface area contributed by atoms with Gasteiger partial charge in [0.1, 0.15) is 17.6 Å². The third-order valence-corrected chi connectivity index (χ3v) is 8.34. The normalized spacial score (nSPS) is 17.5. The first-order valence-electron chi connectivity index (χ1n) is 14.5. The minimum Gasteiger partial charge on any atom is -0.494 e. The molecule has 0 radical (unpaired) electrons. The average molecular weight is 624 g/mol. The van der Waals surface area contributed by atoms with E-state index >= 15 is 0 Å². The molecule has 1 atom stereocenters. The largest absolute Gasteiger partial charge is 0.494 e. The van der Waals surface area contributed by atoms with Crippen molar-refractivity contribution in [3.63, 3.8) is 0 Å². The van der Waals surface area contributed by atoms with Crippen LogP contribution in [0.25, 0.3) is 0 Å². The van der Waals surface area contributed by atoms with Gasteiger partial charge in [-0.2, -0.15) is 0 Å². The van der Waals surface area contributed by atoms with E-state index in [9.17, 15) is 14.0 Å². The number of hydrogen-bond donors (Lipinski definition) is 1. The van der Waals surface area contributed by atoms with Crippen molar-refractivity contribution in [2.24, 2.45) is 0 Å². The van der Waals surface area contributed by atoms with E-state index in [1.165, 1.54) is 17.0 Å². The quantitative estimate of drug-likeness (QED) is 0.286. The molecule has 1 unspecified atom stereocenters. The van der Waals surface area contributed by atoms with Crippen molar-refractivity contribution in [1.29, 1.82) is 0 Å². The number of piperazine rings is 1. The first-order valence-corrected chi connectivity index (χ1v) is 15.3. The SMILES string of the molecule is CCOc1ccc(N2C(=O)C(CC(=O)Nc3ccc(Cl)cc3)N(CCCN3CCN(c4ccc(F)cc4)CC3)C2=S)cc1. The molecular weight excluding hydrogens is 589 g/mol. The Labute approximate surface area is 261 Å². The molecule has 2 fully saturated rings. The molecule has 5 rings (SSSR count). The molecule has 0 aliphatic carbocycles. The molecule has 0 aromatic heterocycles. The molecule has 0 spiro atoms. The predicted octanol–water partition coefficient (Wildman–Crippen LogP) is 5.42. The molecule has 3 aromatic carbocycles. The highest BCUT2D eigenvalue weighted by Crippen LogP contribution is 2.29. The number of hydrogen-bond acceptors (Lipinski definition) is 6. The molecule has 43 heavy (non-hydrogen) atoms. The van der Waals surface area contributed by atoms with Crippen molar-refractivity contribution in [1.82, 2.24) is 9.80 Å². The Hall–Kier alpha value is -3.73. The Bertz CT molecular complexity index is 1420. The van der Waals surface area contributed by atoms with Gasteiger partial charge in [-0.25, -0.2) is 4.39 Å². The second-order valence-corrected chi connectivity index (χ2v) is 11.3. The maximum Gasteiger partial charge on any atom is 0.256 e.